The van der Waals surface area contributed by atoms with Crippen molar-refractivity contribution in [1.29, 1.82) is 0 Å². The Bertz CT molecular complexity index is 485. The van der Waals surface area contributed by atoms with Crippen molar-refractivity contribution in [3.05, 3.63) is 35.4 Å². The van der Waals surface area contributed by atoms with Crippen LogP contribution in [0.5, 0.6) is 0 Å². The number of hydrogen-bond donors (Lipinski definition) is 3. The third kappa shape index (κ3) is 3.13. The van der Waals surface area contributed by atoms with E-state index < -0.39 is 6.03 Å². The van der Waals surface area contributed by atoms with E-state index in [2.05, 4.69) is 35.8 Å². The maximum Gasteiger partial charge on any atom is 0.330 e. The quantitative estimate of drug-likeness (QED) is 0.621. The Labute approximate surface area is 112 Å². The van der Waals surface area contributed by atoms with Gasteiger partial charge in [0.1, 0.15) is 5.84 Å². The van der Waals surface area contributed by atoms with Crippen LogP contribution >= 0.6 is 12.4 Å². The Hall–Kier alpha value is -1.75. The van der Waals surface area contributed by atoms with Crippen LogP contribution in [0.3, 0.4) is 0 Å². The third-order valence-electron chi connectivity index (χ3n) is 2.61. The van der Waals surface area contributed by atoms with E-state index in [0.717, 1.165) is 12.0 Å². The molecule has 1 aliphatic heterocycles. The molecule has 0 saturated carbocycles. The third-order valence-corrected chi connectivity index (χ3v) is 2.61. The molecular weight excluding hydrogens is 252 g/mol. The summed E-state index contributed by atoms with van der Waals surface area (Å²) >= 11 is 0. The zero-order valence-corrected chi connectivity index (χ0v) is 11.2. The number of nitrogens with zero attached hydrogens (tertiary/aromatic N) is 1. The fraction of sp³-hybridized carbons (Fsp3) is 0.333. The van der Waals surface area contributed by atoms with Gasteiger partial charge in [-0.25, -0.2) is 4.79 Å². The first-order valence-electron chi connectivity index (χ1n) is 5.47. The lowest BCUT2D eigenvalue weighted by atomic mass is 9.89. The largest absolute Gasteiger partial charge is 0.350 e. The van der Waals surface area contributed by atoms with Crippen LogP contribution in [0.4, 0.5) is 4.79 Å². The lowest BCUT2D eigenvalue weighted by Crippen LogP contribution is -2.47. The molecule has 0 atom stereocenters. The number of aliphatic imine (C=N–C) groups is 1. The molecule has 0 fully saturated rings. The molecule has 1 aromatic carbocycles. The van der Waals surface area contributed by atoms with Crippen LogP contribution in [-0.4, -0.2) is 17.4 Å². The van der Waals surface area contributed by atoms with Crippen molar-refractivity contribution in [1.82, 2.24) is 10.9 Å². The van der Waals surface area contributed by atoms with Crippen molar-refractivity contribution < 1.29 is 4.79 Å². The molecular formula is C12H17ClN4O. The van der Waals surface area contributed by atoms with Gasteiger partial charge in [-0.2, -0.15) is 0 Å². The van der Waals surface area contributed by atoms with E-state index in [-0.39, 0.29) is 17.9 Å². The fourth-order valence-corrected chi connectivity index (χ4v) is 1.99. The monoisotopic (exact) mass is 268 g/mol. The van der Waals surface area contributed by atoms with E-state index in [9.17, 15) is 4.79 Å². The Kier molecular flexibility index (Phi) is 4.19. The number of fused-ring (bicyclic) bond motifs is 1. The van der Waals surface area contributed by atoms with Gasteiger partial charge in [0.25, 0.3) is 0 Å². The number of hydrazine groups is 1. The molecule has 6 heteroatoms. The normalized spacial score (nSPS) is 15.8. The number of hydrogen-bond acceptors (Lipinski definition) is 3. The molecule has 0 aromatic heterocycles. The van der Waals surface area contributed by atoms with Crippen LogP contribution in [0.15, 0.2) is 29.3 Å². The highest BCUT2D eigenvalue weighted by atomic mass is 35.5. The SMILES string of the molecule is CC1(C)Cc2ccccc2C(NNC(N)=O)=N1.Cl. The van der Waals surface area contributed by atoms with Crippen LogP contribution in [0.2, 0.25) is 0 Å². The first-order chi connectivity index (χ1) is 7.98. The number of benzene rings is 1. The summed E-state index contributed by atoms with van der Waals surface area (Å²) in [6.45, 7) is 4.10. The predicted octanol–water partition coefficient (Wildman–Crippen LogP) is 1.36. The Morgan fingerprint density at radius 3 is 2.72 bits per heavy atom. The number of amidine groups is 1. The lowest BCUT2D eigenvalue weighted by molar-refractivity contribution is 0.247. The lowest BCUT2D eigenvalue weighted by Gasteiger charge is -2.29. The number of nitrogens with two attached hydrogens (primary N) is 1. The molecule has 0 aliphatic carbocycles. The molecule has 0 bridgehead atoms. The Morgan fingerprint density at radius 1 is 1.39 bits per heavy atom. The zero-order chi connectivity index (χ0) is 12.5. The molecule has 98 valence electrons. The van der Waals surface area contributed by atoms with Crippen molar-refractivity contribution in [3.63, 3.8) is 0 Å². The minimum absolute atomic E-state index is 0. The van der Waals surface area contributed by atoms with Crippen molar-refractivity contribution in [2.24, 2.45) is 10.7 Å². The van der Waals surface area contributed by atoms with E-state index in [4.69, 9.17) is 5.73 Å². The average Bonchev–Trinajstić information content (AvgIpc) is 2.24. The number of nitrogens with one attached hydrogen (secondary N) is 2. The van der Waals surface area contributed by atoms with Crippen molar-refractivity contribution in [3.8, 4) is 0 Å². The molecule has 18 heavy (non-hydrogen) atoms. The average molecular weight is 269 g/mol. The fourth-order valence-electron chi connectivity index (χ4n) is 1.99. The minimum Gasteiger partial charge on any atom is -0.350 e. The van der Waals surface area contributed by atoms with E-state index in [1.165, 1.54) is 5.56 Å². The first kappa shape index (κ1) is 14.3. The molecule has 1 aromatic rings. The van der Waals surface area contributed by atoms with E-state index >= 15 is 0 Å². The molecule has 1 aliphatic rings. The molecule has 5 nitrogen and oxygen atoms in total. The van der Waals surface area contributed by atoms with E-state index in [1.807, 2.05) is 18.2 Å². The van der Waals surface area contributed by atoms with Crippen LogP contribution in [-0.2, 0) is 6.42 Å². The van der Waals surface area contributed by atoms with Gasteiger partial charge in [0.2, 0.25) is 0 Å². The summed E-state index contributed by atoms with van der Waals surface area (Å²) < 4.78 is 0. The van der Waals surface area contributed by atoms with Gasteiger partial charge in [-0.3, -0.25) is 15.8 Å². The second-order valence-electron chi connectivity index (χ2n) is 4.72. The number of amides is 2. The number of halogens is 1. The predicted molar refractivity (Wildman–Crippen MR) is 73.9 cm³/mol. The number of rotatable bonds is 0. The highest BCUT2D eigenvalue weighted by Crippen LogP contribution is 2.25. The van der Waals surface area contributed by atoms with Crippen molar-refractivity contribution >= 4 is 24.3 Å². The standard InChI is InChI=1S/C12H16N4O.ClH/c1-12(2)7-8-5-3-4-6-9(8)10(14-12)15-16-11(13)17;/h3-6H,7H2,1-2H3,(H,14,15)(H3,13,16,17);1H. The van der Waals surface area contributed by atoms with E-state index in [1.54, 1.807) is 0 Å². The Balaban J connectivity index is 0.00000162. The first-order valence-corrected chi connectivity index (χ1v) is 5.47. The molecule has 4 N–H and O–H groups in total. The van der Waals surface area contributed by atoms with Gasteiger partial charge in [0.15, 0.2) is 0 Å². The second-order valence-corrected chi connectivity index (χ2v) is 4.72. The highest BCUT2D eigenvalue weighted by Gasteiger charge is 2.26. The molecule has 0 radical (unpaired) electrons. The summed E-state index contributed by atoms with van der Waals surface area (Å²) in [7, 11) is 0. The number of primary amides is 1. The van der Waals surface area contributed by atoms with Gasteiger partial charge in [0, 0.05) is 5.56 Å². The van der Waals surface area contributed by atoms with Crippen LogP contribution in [0, 0.1) is 0 Å². The molecule has 1 heterocycles. The van der Waals surface area contributed by atoms with Crippen LogP contribution < -0.4 is 16.6 Å². The molecule has 0 saturated heterocycles. The molecule has 2 amide bonds. The number of carbonyl (C=O) groups excluding carboxylic acids is 1. The molecule has 0 spiro atoms. The van der Waals surface area contributed by atoms with Gasteiger partial charge in [-0.1, -0.05) is 24.3 Å². The van der Waals surface area contributed by atoms with Gasteiger partial charge >= 0.3 is 6.03 Å². The Morgan fingerprint density at radius 2 is 2.06 bits per heavy atom. The van der Waals surface area contributed by atoms with Gasteiger partial charge < -0.3 is 5.73 Å². The van der Waals surface area contributed by atoms with Gasteiger partial charge in [-0.15, -0.1) is 12.4 Å². The number of urea groups is 1. The molecule has 0 unspecified atom stereocenters. The summed E-state index contributed by atoms with van der Waals surface area (Å²) in [5, 5.41) is 0. The second kappa shape index (κ2) is 5.27. The maximum absolute atomic E-state index is 10.7. The topological polar surface area (TPSA) is 79.5 Å². The summed E-state index contributed by atoms with van der Waals surface area (Å²) in [6, 6.07) is 7.35. The highest BCUT2D eigenvalue weighted by molar-refractivity contribution is 6.01. The summed E-state index contributed by atoms with van der Waals surface area (Å²) in [6.07, 6.45) is 0.880. The van der Waals surface area contributed by atoms with Crippen molar-refractivity contribution in [2.45, 2.75) is 25.8 Å². The van der Waals surface area contributed by atoms with Crippen molar-refractivity contribution in [2.75, 3.05) is 0 Å². The number of carbonyl (C=O) groups is 1. The minimum atomic E-state index is -0.631. The summed E-state index contributed by atoms with van der Waals surface area (Å²) in [5.41, 5.74) is 12.2. The van der Waals surface area contributed by atoms with Crippen LogP contribution in [0.1, 0.15) is 25.0 Å². The smallest absolute Gasteiger partial charge is 0.330 e. The van der Waals surface area contributed by atoms with Gasteiger partial charge in [-0.05, 0) is 25.8 Å². The molecule has 2 rings (SSSR count). The van der Waals surface area contributed by atoms with Gasteiger partial charge in [0.05, 0.1) is 5.54 Å². The maximum atomic E-state index is 10.7. The van der Waals surface area contributed by atoms with E-state index in [0.29, 0.717) is 5.84 Å². The summed E-state index contributed by atoms with van der Waals surface area (Å²) in [4.78, 5) is 15.3. The summed E-state index contributed by atoms with van der Waals surface area (Å²) in [5.74, 6) is 0.649. The van der Waals surface area contributed by atoms with Crippen LogP contribution in [0.25, 0.3) is 0 Å². The zero-order valence-electron chi connectivity index (χ0n) is 10.4.